The molecule has 0 aliphatic rings. The number of aliphatic hydroxyl groups is 2. The molecular weight excluding hydrogens is 480 g/mol. The molecule has 0 aliphatic heterocycles. The molecule has 0 unspecified atom stereocenters. The van der Waals surface area contributed by atoms with Crippen LogP contribution in [-0.4, -0.2) is 37.3 Å². The molecule has 0 bridgehead atoms. The van der Waals surface area contributed by atoms with E-state index in [2.05, 4.69) is 0 Å². The van der Waals surface area contributed by atoms with Crippen molar-refractivity contribution in [3.63, 3.8) is 0 Å². The maximum absolute atomic E-state index is 13.2. The quantitative estimate of drug-likeness (QED) is 0.166. The van der Waals surface area contributed by atoms with Crippen molar-refractivity contribution in [2.45, 2.75) is 13.0 Å². The van der Waals surface area contributed by atoms with E-state index < -0.39 is 0 Å². The fourth-order valence-electron chi connectivity index (χ4n) is 3.74. The van der Waals surface area contributed by atoms with Crippen LogP contribution in [-0.2, 0) is 11.4 Å². The van der Waals surface area contributed by atoms with Crippen molar-refractivity contribution in [2.24, 2.45) is 0 Å². The Hall–Kier alpha value is -4.55. The summed E-state index contributed by atoms with van der Waals surface area (Å²) in [5, 5.41) is 20.5. The summed E-state index contributed by atoms with van der Waals surface area (Å²) < 4.78 is 15.8. The molecule has 196 valence electrons. The maximum atomic E-state index is 13.2. The van der Waals surface area contributed by atoms with Crippen LogP contribution in [0.5, 0.6) is 17.2 Å². The van der Waals surface area contributed by atoms with Gasteiger partial charge in [0, 0.05) is 11.1 Å². The predicted octanol–water partition coefficient (Wildman–Crippen LogP) is 6.42. The molecule has 3 rings (SSSR count). The van der Waals surface area contributed by atoms with Crippen molar-refractivity contribution in [1.29, 1.82) is 0 Å². The van der Waals surface area contributed by atoms with E-state index in [9.17, 15) is 15.0 Å². The van der Waals surface area contributed by atoms with Crippen LogP contribution < -0.4 is 14.2 Å². The number of carbonyl (C=O) groups is 1. The Morgan fingerprint density at radius 2 is 1.37 bits per heavy atom. The molecule has 3 aromatic rings. The van der Waals surface area contributed by atoms with E-state index in [-0.39, 0.29) is 30.1 Å². The number of methoxy groups -OCH3 is 3. The highest BCUT2D eigenvalue weighted by Gasteiger charge is 2.11. The van der Waals surface area contributed by atoms with Gasteiger partial charge >= 0.3 is 0 Å². The molecule has 0 saturated carbocycles. The topological polar surface area (TPSA) is 85.2 Å². The number of allylic oxidation sites excluding steroid dienone is 4. The van der Waals surface area contributed by atoms with Gasteiger partial charge in [-0.3, -0.25) is 4.79 Å². The van der Waals surface area contributed by atoms with Crippen molar-refractivity contribution in [1.82, 2.24) is 0 Å². The Morgan fingerprint density at radius 3 is 2.03 bits per heavy atom. The molecule has 0 amide bonds. The molecule has 0 fully saturated rings. The van der Waals surface area contributed by atoms with Crippen LogP contribution in [0.25, 0.3) is 18.2 Å². The third-order valence-corrected chi connectivity index (χ3v) is 5.78. The molecule has 0 spiro atoms. The van der Waals surface area contributed by atoms with Gasteiger partial charge < -0.3 is 24.4 Å². The highest BCUT2D eigenvalue weighted by atomic mass is 16.5. The lowest BCUT2D eigenvalue weighted by Gasteiger charge is -2.08. The molecule has 0 radical (unpaired) electrons. The van der Waals surface area contributed by atoms with Gasteiger partial charge in [0.25, 0.3) is 0 Å². The van der Waals surface area contributed by atoms with Crippen LogP contribution in [0.3, 0.4) is 0 Å². The number of aliphatic hydroxyl groups excluding tert-OH is 2. The molecule has 0 saturated heterocycles. The Bertz CT molecular complexity index is 1350. The van der Waals surface area contributed by atoms with E-state index in [1.807, 2.05) is 48.6 Å². The molecule has 0 atom stereocenters. The van der Waals surface area contributed by atoms with Crippen molar-refractivity contribution in [3.05, 3.63) is 119 Å². The second-order valence-corrected chi connectivity index (χ2v) is 8.26. The normalized spacial score (nSPS) is 12.2. The fraction of sp³-hybridized carbons (Fsp3) is 0.156. The SMILES string of the molecule is COc1ccc(/C=C/C(O)=C(C/C=C/c2ccccc2)C(=O)/C=C/c2ccc(OC)c(OC)c2)cc1CO. The van der Waals surface area contributed by atoms with Gasteiger partial charge in [0.1, 0.15) is 11.5 Å². The van der Waals surface area contributed by atoms with Crippen molar-refractivity contribution >= 4 is 24.0 Å². The third-order valence-electron chi connectivity index (χ3n) is 5.78. The van der Waals surface area contributed by atoms with Gasteiger partial charge in [0.15, 0.2) is 17.3 Å². The summed E-state index contributed by atoms with van der Waals surface area (Å²) in [5.74, 6) is 1.24. The highest BCUT2D eigenvalue weighted by Crippen LogP contribution is 2.28. The Kier molecular flexibility index (Phi) is 10.5. The van der Waals surface area contributed by atoms with Crippen molar-refractivity contribution < 1.29 is 29.2 Å². The number of rotatable bonds is 12. The van der Waals surface area contributed by atoms with Crippen LogP contribution in [0, 0.1) is 0 Å². The van der Waals surface area contributed by atoms with Gasteiger partial charge in [0.2, 0.25) is 0 Å². The Morgan fingerprint density at radius 1 is 0.737 bits per heavy atom. The van der Waals surface area contributed by atoms with Crippen LogP contribution >= 0.6 is 0 Å². The van der Waals surface area contributed by atoms with Crippen LogP contribution in [0.2, 0.25) is 0 Å². The van der Waals surface area contributed by atoms with E-state index in [1.165, 1.54) is 19.3 Å². The molecule has 6 nitrogen and oxygen atoms in total. The maximum Gasteiger partial charge on any atom is 0.185 e. The summed E-state index contributed by atoms with van der Waals surface area (Å²) in [4.78, 5) is 13.2. The van der Waals surface area contributed by atoms with E-state index in [0.717, 1.165) is 16.7 Å². The number of hydrogen-bond acceptors (Lipinski definition) is 6. The zero-order valence-corrected chi connectivity index (χ0v) is 21.8. The summed E-state index contributed by atoms with van der Waals surface area (Å²) in [6.45, 7) is -0.179. The average Bonchev–Trinajstić information content (AvgIpc) is 2.96. The minimum absolute atomic E-state index is 0.147. The Labute approximate surface area is 223 Å². The lowest BCUT2D eigenvalue weighted by Crippen LogP contribution is -2.02. The third kappa shape index (κ3) is 7.72. The predicted molar refractivity (Wildman–Crippen MR) is 151 cm³/mol. The molecular formula is C32H32O6. The van der Waals surface area contributed by atoms with Gasteiger partial charge in [-0.05, 0) is 59.5 Å². The first kappa shape index (κ1) is 28.0. The zero-order valence-electron chi connectivity index (χ0n) is 21.8. The average molecular weight is 513 g/mol. The molecule has 3 aromatic carbocycles. The summed E-state index contributed by atoms with van der Waals surface area (Å²) in [6, 6.07) is 20.4. The van der Waals surface area contributed by atoms with Gasteiger partial charge in [-0.15, -0.1) is 0 Å². The fourth-order valence-corrected chi connectivity index (χ4v) is 3.74. The second-order valence-electron chi connectivity index (χ2n) is 8.26. The monoisotopic (exact) mass is 512 g/mol. The molecule has 0 aliphatic carbocycles. The van der Waals surface area contributed by atoms with E-state index in [1.54, 1.807) is 56.7 Å². The van der Waals surface area contributed by atoms with Crippen LogP contribution in [0.15, 0.2) is 96.3 Å². The van der Waals surface area contributed by atoms with Crippen LogP contribution in [0.4, 0.5) is 0 Å². The smallest absolute Gasteiger partial charge is 0.185 e. The standard InChI is InChI=1S/C32H32O6/c1-36-30-18-14-24(20-26(30)22-33)12-16-28(34)27(11-7-10-23-8-5-4-6-9-23)29(35)17-13-25-15-19-31(37-2)32(21-25)38-3/h4-10,12-21,33-34H,11,22H2,1-3H3/b10-7+,16-12+,17-13+,28-27?. The lowest BCUT2D eigenvalue weighted by atomic mass is 10.0. The summed E-state index contributed by atoms with van der Waals surface area (Å²) in [5.41, 5.74) is 3.35. The zero-order chi connectivity index (χ0) is 27.3. The molecule has 38 heavy (non-hydrogen) atoms. The van der Waals surface area contributed by atoms with Gasteiger partial charge in [-0.2, -0.15) is 0 Å². The summed E-state index contributed by atoms with van der Waals surface area (Å²) in [7, 11) is 4.64. The number of hydrogen-bond donors (Lipinski definition) is 2. The number of ether oxygens (including phenoxy) is 3. The van der Waals surface area contributed by atoms with Crippen molar-refractivity contribution in [3.8, 4) is 17.2 Å². The first-order valence-electron chi connectivity index (χ1n) is 12.0. The van der Waals surface area contributed by atoms with Crippen LogP contribution in [0.1, 0.15) is 28.7 Å². The molecule has 0 heterocycles. The second kappa shape index (κ2) is 14.3. The first-order chi connectivity index (χ1) is 18.5. The first-order valence-corrected chi connectivity index (χ1v) is 12.0. The number of ketones is 1. The van der Waals surface area contributed by atoms with E-state index >= 15 is 0 Å². The van der Waals surface area contributed by atoms with Gasteiger partial charge in [-0.25, -0.2) is 0 Å². The lowest BCUT2D eigenvalue weighted by molar-refractivity contribution is -0.111. The van der Waals surface area contributed by atoms with Crippen molar-refractivity contribution in [2.75, 3.05) is 21.3 Å². The Balaban J connectivity index is 1.89. The van der Waals surface area contributed by atoms with Gasteiger partial charge in [0.05, 0.1) is 27.9 Å². The van der Waals surface area contributed by atoms with E-state index in [0.29, 0.717) is 22.8 Å². The molecule has 2 N–H and O–H groups in total. The summed E-state index contributed by atoms with van der Waals surface area (Å²) in [6.07, 6.45) is 10.2. The minimum Gasteiger partial charge on any atom is -0.508 e. The minimum atomic E-state index is -0.328. The highest BCUT2D eigenvalue weighted by molar-refractivity contribution is 6.07. The number of carbonyl (C=O) groups excluding carboxylic acids is 1. The molecule has 6 heteroatoms. The van der Waals surface area contributed by atoms with Gasteiger partial charge in [-0.1, -0.05) is 66.8 Å². The summed E-state index contributed by atoms with van der Waals surface area (Å²) >= 11 is 0. The number of benzene rings is 3. The van der Waals surface area contributed by atoms with E-state index in [4.69, 9.17) is 14.2 Å². The molecule has 0 aromatic heterocycles. The largest absolute Gasteiger partial charge is 0.508 e.